The number of carbonyl (C=O) groups is 2. The van der Waals surface area contributed by atoms with E-state index in [1.807, 2.05) is 51.1 Å². The number of phenolic OH excluding ortho intramolecular Hbond substituents is 1. The molecule has 0 radical (unpaired) electrons. The first-order valence-corrected chi connectivity index (χ1v) is 13.8. The van der Waals surface area contributed by atoms with E-state index in [0.29, 0.717) is 34.8 Å². The van der Waals surface area contributed by atoms with Crippen LogP contribution < -0.4 is 15.0 Å². The van der Waals surface area contributed by atoms with E-state index >= 15 is 4.39 Å². The number of phenols is 1. The van der Waals surface area contributed by atoms with Crippen LogP contribution in [0.4, 0.5) is 15.8 Å². The summed E-state index contributed by atoms with van der Waals surface area (Å²) in [6.07, 6.45) is 1.72. The molecule has 1 saturated carbocycles. The summed E-state index contributed by atoms with van der Waals surface area (Å²) in [5, 5.41) is 23.7. The van der Waals surface area contributed by atoms with E-state index in [1.54, 1.807) is 29.2 Å². The zero-order valence-corrected chi connectivity index (χ0v) is 23.5. The Morgan fingerprint density at radius 3 is 2.46 bits per heavy atom. The van der Waals surface area contributed by atoms with Gasteiger partial charge in [-0.2, -0.15) is 0 Å². The lowest BCUT2D eigenvalue weighted by Gasteiger charge is -2.33. The summed E-state index contributed by atoms with van der Waals surface area (Å²) in [7, 11) is 0. The van der Waals surface area contributed by atoms with Crippen LogP contribution in [0.2, 0.25) is 0 Å². The number of carbonyl (C=O) groups excluding carboxylic acids is 1. The number of carboxylic acids is 1. The van der Waals surface area contributed by atoms with Crippen LogP contribution in [-0.4, -0.2) is 22.1 Å². The Balaban J connectivity index is 1.60. The van der Waals surface area contributed by atoms with Crippen LogP contribution in [-0.2, 0) is 16.2 Å². The zero-order valence-electron chi connectivity index (χ0n) is 23.5. The van der Waals surface area contributed by atoms with Gasteiger partial charge in [0.15, 0.2) is 0 Å². The van der Waals surface area contributed by atoms with Crippen molar-refractivity contribution in [3.05, 3.63) is 94.9 Å². The van der Waals surface area contributed by atoms with Crippen molar-refractivity contribution < 1.29 is 28.9 Å². The number of anilines is 2. The van der Waals surface area contributed by atoms with Crippen molar-refractivity contribution in [3.8, 4) is 11.5 Å². The van der Waals surface area contributed by atoms with Crippen molar-refractivity contribution in [1.29, 1.82) is 0 Å². The van der Waals surface area contributed by atoms with Crippen LogP contribution in [0.1, 0.15) is 63.6 Å². The standard InChI is InChI=1S/C33H35FN2O5/c1-20-26(17-33(2,3)18-29(38)39)35-30-27(10-7-11-28(30)37)36(32(40)22-12-13-22)31(20)24-15-14-23(16-25(24)34)41-19-21-8-5-4-6-9-21/h4-11,14-16,22,31,35,37H,12-13,17-19H2,1-3H3,(H,38,39). The van der Waals surface area contributed by atoms with Crippen LogP contribution >= 0.6 is 0 Å². The number of halogens is 1. The van der Waals surface area contributed by atoms with Gasteiger partial charge in [-0.1, -0.05) is 50.2 Å². The van der Waals surface area contributed by atoms with Gasteiger partial charge in [0.2, 0.25) is 5.91 Å². The van der Waals surface area contributed by atoms with E-state index in [0.717, 1.165) is 18.4 Å². The molecule has 0 bridgehead atoms. The van der Waals surface area contributed by atoms with Crippen LogP contribution in [0.15, 0.2) is 78.0 Å². The van der Waals surface area contributed by atoms with Crippen molar-refractivity contribution in [2.45, 2.75) is 59.1 Å². The van der Waals surface area contributed by atoms with Crippen molar-refractivity contribution >= 4 is 23.3 Å². The molecule has 1 atom stereocenters. The molecule has 214 valence electrons. The average molecular weight is 559 g/mol. The summed E-state index contributed by atoms with van der Waals surface area (Å²) < 4.78 is 21.9. The van der Waals surface area contributed by atoms with Gasteiger partial charge in [-0.15, -0.1) is 0 Å². The van der Waals surface area contributed by atoms with Gasteiger partial charge in [0.05, 0.1) is 18.2 Å². The molecule has 3 aromatic rings. The maximum Gasteiger partial charge on any atom is 0.303 e. The monoisotopic (exact) mass is 558 g/mol. The minimum absolute atomic E-state index is 0.0526. The number of rotatable bonds is 9. The molecule has 1 unspecified atom stereocenters. The molecule has 41 heavy (non-hydrogen) atoms. The van der Waals surface area contributed by atoms with Gasteiger partial charge in [-0.25, -0.2) is 4.39 Å². The van der Waals surface area contributed by atoms with Crippen molar-refractivity contribution in [3.63, 3.8) is 0 Å². The summed E-state index contributed by atoms with van der Waals surface area (Å²) in [6.45, 7) is 5.81. The Bertz CT molecular complexity index is 1500. The normalized spacial score (nSPS) is 17.0. The van der Waals surface area contributed by atoms with Crippen LogP contribution in [0, 0.1) is 17.2 Å². The second-order valence-corrected chi connectivity index (χ2v) is 11.7. The fourth-order valence-corrected chi connectivity index (χ4v) is 5.44. The van der Waals surface area contributed by atoms with E-state index in [-0.39, 0.29) is 36.2 Å². The molecule has 1 aliphatic heterocycles. The topological polar surface area (TPSA) is 99.1 Å². The molecule has 3 N–H and O–H groups in total. The first-order chi connectivity index (χ1) is 19.5. The van der Waals surface area contributed by atoms with E-state index in [2.05, 4.69) is 5.32 Å². The van der Waals surface area contributed by atoms with Gasteiger partial charge < -0.3 is 20.3 Å². The highest BCUT2D eigenvalue weighted by Crippen LogP contribution is 2.49. The molecule has 1 aliphatic carbocycles. The van der Waals surface area contributed by atoms with Crippen molar-refractivity contribution in [1.82, 2.24) is 0 Å². The molecule has 8 heteroatoms. The molecule has 0 saturated heterocycles. The molecule has 0 spiro atoms. The minimum Gasteiger partial charge on any atom is -0.506 e. The predicted octanol–water partition coefficient (Wildman–Crippen LogP) is 7.19. The lowest BCUT2D eigenvalue weighted by atomic mass is 9.82. The van der Waals surface area contributed by atoms with E-state index in [4.69, 9.17) is 4.74 Å². The fraction of sp³-hybridized carbons (Fsp3) is 0.333. The maximum atomic E-state index is 16.0. The third kappa shape index (κ3) is 6.21. The molecule has 7 nitrogen and oxygen atoms in total. The third-order valence-corrected chi connectivity index (χ3v) is 7.66. The Kier molecular flexibility index (Phi) is 7.76. The molecular formula is C33H35FN2O5. The lowest BCUT2D eigenvalue weighted by Crippen LogP contribution is -2.37. The van der Waals surface area contributed by atoms with Crippen molar-refractivity contribution in [2.24, 2.45) is 11.3 Å². The minimum atomic E-state index is -0.927. The molecular weight excluding hydrogens is 523 g/mol. The summed E-state index contributed by atoms with van der Waals surface area (Å²) in [4.78, 5) is 27.1. The Hall–Kier alpha value is -4.33. The van der Waals surface area contributed by atoms with Gasteiger partial charge >= 0.3 is 5.97 Å². The average Bonchev–Trinajstić information content (AvgIpc) is 3.77. The summed E-state index contributed by atoms with van der Waals surface area (Å²) in [5.74, 6) is -1.46. The molecule has 1 heterocycles. The Labute approximate surface area is 239 Å². The quantitative estimate of drug-likeness (QED) is 0.241. The second kappa shape index (κ2) is 11.3. The molecule has 2 aliphatic rings. The number of nitrogens with one attached hydrogen (secondary N) is 1. The summed E-state index contributed by atoms with van der Waals surface area (Å²) in [6, 6.07) is 18.4. The number of allylic oxidation sites excluding steroid dienone is 1. The van der Waals surface area contributed by atoms with Gasteiger partial charge in [-0.3, -0.25) is 14.5 Å². The fourth-order valence-electron chi connectivity index (χ4n) is 5.44. The number of hydrogen-bond acceptors (Lipinski definition) is 5. The molecule has 5 rings (SSSR count). The zero-order chi connectivity index (χ0) is 29.3. The predicted molar refractivity (Wildman–Crippen MR) is 155 cm³/mol. The van der Waals surface area contributed by atoms with Crippen LogP contribution in [0.25, 0.3) is 0 Å². The smallest absolute Gasteiger partial charge is 0.303 e. The lowest BCUT2D eigenvalue weighted by molar-refractivity contribution is -0.139. The molecule has 1 fully saturated rings. The van der Waals surface area contributed by atoms with Crippen molar-refractivity contribution in [2.75, 3.05) is 10.2 Å². The number of aromatic hydroxyl groups is 1. The van der Waals surface area contributed by atoms with Gasteiger partial charge in [0.1, 0.15) is 29.6 Å². The molecule has 1 amide bonds. The Morgan fingerprint density at radius 2 is 1.80 bits per heavy atom. The van der Waals surface area contributed by atoms with E-state index < -0.39 is 23.2 Å². The number of benzene rings is 3. The van der Waals surface area contributed by atoms with Crippen LogP contribution in [0.5, 0.6) is 11.5 Å². The summed E-state index contributed by atoms with van der Waals surface area (Å²) >= 11 is 0. The molecule has 3 aromatic carbocycles. The van der Waals surface area contributed by atoms with Gasteiger partial charge in [0.25, 0.3) is 0 Å². The number of amides is 1. The number of carboxylic acid groups (broad SMARTS) is 1. The highest BCUT2D eigenvalue weighted by atomic mass is 19.1. The highest BCUT2D eigenvalue weighted by molar-refractivity contribution is 6.02. The van der Waals surface area contributed by atoms with Gasteiger partial charge in [-0.05, 0) is 67.0 Å². The van der Waals surface area contributed by atoms with Gasteiger partial charge in [0, 0.05) is 23.2 Å². The Morgan fingerprint density at radius 1 is 1.07 bits per heavy atom. The SMILES string of the molecule is CC1=C(CC(C)(C)CC(=O)O)Nc2c(O)cccc2N(C(=O)C2CC2)C1c1ccc(OCc2ccccc2)cc1F. The largest absolute Gasteiger partial charge is 0.506 e. The molecule has 0 aromatic heterocycles. The maximum absolute atomic E-state index is 16.0. The second-order valence-electron chi connectivity index (χ2n) is 11.7. The first kappa shape index (κ1) is 28.2. The number of hydrogen-bond donors (Lipinski definition) is 3. The van der Waals surface area contributed by atoms with E-state index in [1.165, 1.54) is 12.1 Å². The number of aliphatic carboxylic acids is 1. The first-order valence-electron chi connectivity index (χ1n) is 13.8. The summed E-state index contributed by atoms with van der Waals surface area (Å²) in [5.41, 5.74) is 2.68. The van der Waals surface area contributed by atoms with Crippen LogP contribution in [0.3, 0.4) is 0 Å². The number of fused-ring (bicyclic) bond motifs is 1. The number of nitrogens with zero attached hydrogens (tertiary/aromatic N) is 1. The number of ether oxygens (including phenoxy) is 1. The highest BCUT2D eigenvalue weighted by Gasteiger charge is 2.42. The number of para-hydroxylation sites is 1. The third-order valence-electron chi connectivity index (χ3n) is 7.66. The van der Waals surface area contributed by atoms with E-state index in [9.17, 15) is 19.8 Å².